The van der Waals surface area contributed by atoms with Gasteiger partial charge in [0, 0.05) is 19.2 Å². The van der Waals surface area contributed by atoms with E-state index in [1.165, 1.54) is 0 Å². The van der Waals surface area contributed by atoms with Crippen LogP contribution >= 0.6 is 0 Å². The maximum absolute atomic E-state index is 12.4. The van der Waals surface area contributed by atoms with Gasteiger partial charge in [0.25, 0.3) is 0 Å². The van der Waals surface area contributed by atoms with E-state index in [9.17, 15) is 9.59 Å². The average Bonchev–Trinajstić information content (AvgIpc) is 2.55. The summed E-state index contributed by atoms with van der Waals surface area (Å²) >= 11 is 0. The standard InChI is InChI=1S/C18H20N2O3/c1-14-6-2-3-7-15(14)12-20(17(21)9-10-18(22)23)13-16-8-4-5-11-19-16/h2-8,11H,9-10,12-13H2,1H3,(H,22,23). The highest BCUT2D eigenvalue weighted by molar-refractivity contribution is 5.80. The van der Waals surface area contributed by atoms with Gasteiger partial charge in [0.2, 0.25) is 5.91 Å². The van der Waals surface area contributed by atoms with E-state index < -0.39 is 5.97 Å². The van der Waals surface area contributed by atoms with Gasteiger partial charge in [0.15, 0.2) is 0 Å². The molecule has 0 aliphatic carbocycles. The van der Waals surface area contributed by atoms with Gasteiger partial charge in [-0.2, -0.15) is 0 Å². The normalized spacial score (nSPS) is 10.3. The molecule has 1 aromatic heterocycles. The van der Waals surface area contributed by atoms with Crippen molar-refractivity contribution in [3.63, 3.8) is 0 Å². The number of amides is 1. The van der Waals surface area contributed by atoms with Crippen LogP contribution in [0.4, 0.5) is 0 Å². The Hall–Kier alpha value is -2.69. The lowest BCUT2D eigenvalue weighted by molar-refractivity contribution is -0.141. The molecule has 5 nitrogen and oxygen atoms in total. The number of nitrogens with zero attached hydrogens (tertiary/aromatic N) is 2. The molecule has 1 heterocycles. The van der Waals surface area contributed by atoms with Crippen LogP contribution in [0.3, 0.4) is 0 Å². The molecule has 0 bridgehead atoms. The number of aliphatic carboxylic acids is 1. The van der Waals surface area contributed by atoms with Crippen molar-refractivity contribution in [1.29, 1.82) is 0 Å². The van der Waals surface area contributed by atoms with Gasteiger partial charge in [0.1, 0.15) is 0 Å². The highest BCUT2D eigenvalue weighted by Gasteiger charge is 2.17. The monoisotopic (exact) mass is 312 g/mol. The lowest BCUT2D eigenvalue weighted by atomic mass is 10.1. The number of benzene rings is 1. The summed E-state index contributed by atoms with van der Waals surface area (Å²) in [5.74, 6) is -1.15. The van der Waals surface area contributed by atoms with Crippen LogP contribution < -0.4 is 0 Å². The number of carbonyl (C=O) groups excluding carboxylic acids is 1. The summed E-state index contributed by atoms with van der Waals surface area (Å²) in [5, 5.41) is 8.78. The fourth-order valence-electron chi connectivity index (χ4n) is 2.28. The second kappa shape index (κ2) is 8.08. The van der Waals surface area contributed by atoms with Crippen LogP contribution in [-0.2, 0) is 22.7 Å². The maximum Gasteiger partial charge on any atom is 0.303 e. The molecule has 0 atom stereocenters. The van der Waals surface area contributed by atoms with Gasteiger partial charge in [-0.3, -0.25) is 14.6 Å². The first-order valence-electron chi connectivity index (χ1n) is 7.50. The largest absolute Gasteiger partial charge is 0.481 e. The van der Waals surface area contributed by atoms with Crippen molar-refractivity contribution in [2.24, 2.45) is 0 Å². The average molecular weight is 312 g/mol. The quantitative estimate of drug-likeness (QED) is 0.853. The molecule has 0 unspecified atom stereocenters. The van der Waals surface area contributed by atoms with Crippen LogP contribution in [0, 0.1) is 6.92 Å². The molecular formula is C18H20N2O3. The molecule has 23 heavy (non-hydrogen) atoms. The van der Waals surface area contributed by atoms with E-state index in [1.54, 1.807) is 11.1 Å². The van der Waals surface area contributed by atoms with Crippen molar-refractivity contribution in [3.8, 4) is 0 Å². The zero-order chi connectivity index (χ0) is 16.7. The number of pyridine rings is 1. The molecule has 0 saturated carbocycles. The van der Waals surface area contributed by atoms with Crippen molar-refractivity contribution < 1.29 is 14.7 Å². The predicted molar refractivity (Wildman–Crippen MR) is 86.5 cm³/mol. The second-order valence-corrected chi connectivity index (χ2v) is 5.39. The van der Waals surface area contributed by atoms with E-state index in [-0.39, 0.29) is 18.7 Å². The van der Waals surface area contributed by atoms with Crippen LogP contribution in [-0.4, -0.2) is 26.9 Å². The van der Waals surface area contributed by atoms with E-state index in [4.69, 9.17) is 5.11 Å². The third kappa shape index (κ3) is 5.21. The molecule has 0 radical (unpaired) electrons. The van der Waals surface area contributed by atoms with E-state index in [1.807, 2.05) is 49.4 Å². The summed E-state index contributed by atoms with van der Waals surface area (Å²) in [6.07, 6.45) is 1.52. The summed E-state index contributed by atoms with van der Waals surface area (Å²) in [6.45, 7) is 2.81. The van der Waals surface area contributed by atoms with Crippen LogP contribution in [0.25, 0.3) is 0 Å². The Balaban J connectivity index is 2.15. The van der Waals surface area contributed by atoms with Crippen molar-refractivity contribution in [1.82, 2.24) is 9.88 Å². The summed E-state index contributed by atoms with van der Waals surface area (Å²) in [7, 11) is 0. The van der Waals surface area contributed by atoms with Crippen molar-refractivity contribution in [2.75, 3.05) is 0 Å². The molecule has 1 aromatic carbocycles. The predicted octanol–water partition coefficient (Wildman–Crippen LogP) is 2.78. The van der Waals surface area contributed by atoms with E-state index in [0.717, 1.165) is 16.8 Å². The van der Waals surface area contributed by atoms with Crippen LogP contribution in [0.2, 0.25) is 0 Å². The topological polar surface area (TPSA) is 70.5 Å². The molecule has 0 saturated heterocycles. The SMILES string of the molecule is Cc1ccccc1CN(Cc1ccccn1)C(=O)CCC(=O)O. The molecular weight excluding hydrogens is 292 g/mol. The maximum atomic E-state index is 12.4. The molecule has 2 aromatic rings. The number of hydrogen-bond acceptors (Lipinski definition) is 3. The lowest BCUT2D eigenvalue weighted by Crippen LogP contribution is -2.31. The number of hydrogen-bond donors (Lipinski definition) is 1. The number of carboxylic acid groups (broad SMARTS) is 1. The van der Waals surface area contributed by atoms with Gasteiger partial charge in [-0.25, -0.2) is 0 Å². The minimum Gasteiger partial charge on any atom is -0.481 e. The van der Waals surface area contributed by atoms with Crippen molar-refractivity contribution in [3.05, 3.63) is 65.5 Å². The molecule has 0 spiro atoms. The molecule has 2 rings (SSSR count). The minimum atomic E-state index is -0.966. The molecule has 1 N–H and O–H groups in total. The van der Waals surface area contributed by atoms with E-state index in [0.29, 0.717) is 13.1 Å². The van der Waals surface area contributed by atoms with Gasteiger partial charge < -0.3 is 10.0 Å². The lowest BCUT2D eigenvalue weighted by Gasteiger charge is -2.23. The number of aryl methyl sites for hydroxylation is 1. The molecule has 0 fully saturated rings. The fourth-order valence-corrected chi connectivity index (χ4v) is 2.28. The summed E-state index contributed by atoms with van der Waals surface area (Å²) < 4.78 is 0. The smallest absolute Gasteiger partial charge is 0.303 e. The first kappa shape index (κ1) is 16.7. The summed E-state index contributed by atoms with van der Waals surface area (Å²) in [6, 6.07) is 13.4. The first-order valence-corrected chi connectivity index (χ1v) is 7.50. The molecule has 0 aliphatic heterocycles. The van der Waals surface area contributed by atoms with Crippen molar-refractivity contribution in [2.45, 2.75) is 32.9 Å². The molecule has 0 aliphatic rings. The third-order valence-electron chi connectivity index (χ3n) is 3.61. The number of carbonyl (C=O) groups is 2. The van der Waals surface area contributed by atoms with E-state index in [2.05, 4.69) is 4.98 Å². The molecule has 5 heteroatoms. The highest BCUT2D eigenvalue weighted by Crippen LogP contribution is 2.14. The fraction of sp³-hybridized carbons (Fsp3) is 0.278. The highest BCUT2D eigenvalue weighted by atomic mass is 16.4. The minimum absolute atomic E-state index is 0.00590. The Morgan fingerprint density at radius 3 is 2.43 bits per heavy atom. The zero-order valence-corrected chi connectivity index (χ0v) is 13.1. The number of aromatic nitrogens is 1. The van der Waals surface area contributed by atoms with Crippen LogP contribution in [0.15, 0.2) is 48.7 Å². The summed E-state index contributed by atoms with van der Waals surface area (Å²) in [4.78, 5) is 29.0. The Labute approximate surface area is 135 Å². The van der Waals surface area contributed by atoms with Gasteiger partial charge in [0.05, 0.1) is 18.7 Å². The van der Waals surface area contributed by atoms with E-state index >= 15 is 0 Å². The molecule has 120 valence electrons. The Bertz CT molecular complexity index is 671. The van der Waals surface area contributed by atoms with Gasteiger partial charge in [-0.1, -0.05) is 30.3 Å². The van der Waals surface area contributed by atoms with Gasteiger partial charge in [-0.05, 0) is 30.2 Å². The summed E-state index contributed by atoms with van der Waals surface area (Å²) in [5.41, 5.74) is 2.93. The van der Waals surface area contributed by atoms with Crippen LogP contribution in [0.1, 0.15) is 29.7 Å². The Kier molecular flexibility index (Phi) is 5.86. The zero-order valence-electron chi connectivity index (χ0n) is 13.1. The Morgan fingerprint density at radius 2 is 1.78 bits per heavy atom. The molecule has 1 amide bonds. The number of carboxylic acids is 1. The Morgan fingerprint density at radius 1 is 1.04 bits per heavy atom. The first-order chi connectivity index (χ1) is 11.1. The van der Waals surface area contributed by atoms with Gasteiger partial charge in [-0.15, -0.1) is 0 Å². The van der Waals surface area contributed by atoms with Crippen LogP contribution in [0.5, 0.6) is 0 Å². The van der Waals surface area contributed by atoms with Crippen molar-refractivity contribution >= 4 is 11.9 Å². The third-order valence-corrected chi connectivity index (χ3v) is 3.61. The van der Waals surface area contributed by atoms with Gasteiger partial charge >= 0.3 is 5.97 Å². The second-order valence-electron chi connectivity index (χ2n) is 5.39. The number of rotatable bonds is 7.